The largest absolute Gasteiger partial charge is 0.458 e. The summed E-state index contributed by atoms with van der Waals surface area (Å²) in [6, 6.07) is 0. The first kappa shape index (κ1) is 18.5. The second-order valence-corrected chi connectivity index (χ2v) is 8.16. The lowest BCUT2D eigenvalue weighted by molar-refractivity contribution is -0.151. The lowest BCUT2D eigenvalue weighted by Gasteiger charge is -2.37. The average molecular weight is 404 g/mol. The normalized spacial score (nSPS) is 25.3. The topological polar surface area (TPSA) is 75.6 Å². The predicted molar refractivity (Wildman–Crippen MR) is 89.1 cm³/mol. The van der Waals surface area contributed by atoms with Crippen LogP contribution in [0.5, 0.6) is 0 Å². The number of ether oxygens (including phenoxy) is 1. The molecule has 2 saturated heterocycles. The van der Waals surface area contributed by atoms with E-state index in [1.54, 1.807) is 9.80 Å². The Morgan fingerprint density at radius 1 is 1.15 bits per heavy atom. The number of nitrogens with zero attached hydrogens (tertiary/aromatic N) is 4. The van der Waals surface area contributed by atoms with Crippen LogP contribution in [0.15, 0.2) is 0 Å². The van der Waals surface area contributed by atoms with E-state index in [0.717, 1.165) is 25.7 Å². The monoisotopic (exact) mass is 404 g/mol. The van der Waals surface area contributed by atoms with Gasteiger partial charge in [0.15, 0.2) is 0 Å². The molecule has 0 radical (unpaired) electrons. The molecule has 4 rings (SSSR count). The van der Waals surface area contributed by atoms with E-state index in [0.29, 0.717) is 37.5 Å². The van der Waals surface area contributed by atoms with Crippen molar-refractivity contribution in [2.45, 2.75) is 43.9 Å². The third-order valence-corrected chi connectivity index (χ3v) is 6.62. The summed E-state index contributed by atoms with van der Waals surface area (Å²) in [7, 11) is 0. The highest BCUT2D eigenvalue weighted by Crippen LogP contribution is 2.46. The lowest BCUT2D eigenvalue weighted by Crippen LogP contribution is -2.53. The van der Waals surface area contributed by atoms with Crippen molar-refractivity contribution < 1.29 is 27.5 Å². The number of piperazine rings is 1. The number of hydrogen-bond donors (Lipinski definition) is 0. The van der Waals surface area contributed by atoms with Crippen molar-refractivity contribution in [1.82, 2.24) is 15.1 Å². The number of amides is 1. The second-order valence-electron chi connectivity index (χ2n) is 7.20. The summed E-state index contributed by atoms with van der Waals surface area (Å²) in [5.41, 5.74) is -0.647. The van der Waals surface area contributed by atoms with Crippen LogP contribution >= 0.6 is 11.3 Å². The van der Waals surface area contributed by atoms with E-state index in [1.807, 2.05) is 0 Å². The standard InChI is InChI=1S/C16H19F3N4O3S/c17-16(18,19)13-20-21-14(27-13)23-7-5-22(6-8-23)12(25)10-9-11(24)26-15(10)3-1-2-4-15/h10H,1-9H2. The summed E-state index contributed by atoms with van der Waals surface area (Å²) in [6.45, 7) is 1.51. The van der Waals surface area contributed by atoms with Crippen LogP contribution < -0.4 is 4.90 Å². The van der Waals surface area contributed by atoms with Gasteiger partial charge in [0, 0.05) is 26.2 Å². The van der Waals surface area contributed by atoms with Gasteiger partial charge in [-0.2, -0.15) is 13.2 Å². The Bertz CT molecular complexity index is 740. The zero-order valence-corrected chi connectivity index (χ0v) is 15.3. The maximum atomic E-state index is 13.0. The fourth-order valence-electron chi connectivity index (χ4n) is 4.22. The van der Waals surface area contributed by atoms with Crippen molar-refractivity contribution in [1.29, 1.82) is 0 Å². The van der Waals surface area contributed by atoms with Gasteiger partial charge in [-0.3, -0.25) is 9.59 Å². The predicted octanol–water partition coefficient (Wildman–Crippen LogP) is 2.08. The maximum Gasteiger partial charge on any atom is 0.445 e. The number of rotatable bonds is 2. The van der Waals surface area contributed by atoms with Crippen LogP contribution in [-0.4, -0.2) is 58.8 Å². The highest BCUT2D eigenvalue weighted by atomic mass is 32.1. The minimum atomic E-state index is -4.50. The number of alkyl halides is 3. The molecule has 3 heterocycles. The number of hydrogen-bond acceptors (Lipinski definition) is 7. The van der Waals surface area contributed by atoms with Crippen molar-refractivity contribution in [2.24, 2.45) is 5.92 Å². The Labute approximate surface area is 157 Å². The number of carbonyl (C=O) groups excluding carboxylic acids is 2. The molecule has 1 aliphatic carbocycles. The molecule has 27 heavy (non-hydrogen) atoms. The van der Waals surface area contributed by atoms with Crippen molar-refractivity contribution in [3.8, 4) is 0 Å². The van der Waals surface area contributed by atoms with E-state index >= 15 is 0 Å². The van der Waals surface area contributed by atoms with Gasteiger partial charge < -0.3 is 14.5 Å². The minimum Gasteiger partial charge on any atom is -0.458 e. The van der Waals surface area contributed by atoms with Gasteiger partial charge in [0.05, 0.1) is 12.3 Å². The molecule has 1 amide bonds. The molecule has 11 heteroatoms. The molecular formula is C16H19F3N4O3S. The van der Waals surface area contributed by atoms with Gasteiger partial charge in [0.2, 0.25) is 16.0 Å². The van der Waals surface area contributed by atoms with Gasteiger partial charge in [0.25, 0.3) is 0 Å². The summed E-state index contributed by atoms with van der Waals surface area (Å²) in [5, 5.41) is 6.07. The van der Waals surface area contributed by atoms with Gasteiger partial charge >= 0.3 is 12.1 Å². The summed E-state index contributed by atoms with van der Waals surface area (Å²) < 4.78 is 43.6. The fraction of sp³-hybridized carbons (Fsp3) is 0.750. The highest BCUT2D eigenvalue weighted by Gasteiger charge is 2.55. The SMILES string of the molecule is O=C1CC(C(=O)N2CCN(c3nnc(C(F)(F)F)s3)CC2)C2(CCCC2)O1. The van der Waals surface area contributed by atoms with Gasteiger partial charge in [0.1, 0.15) is 5.60 Å². The molecule has 1 saturated carbocycles. The molecule has 1 spiro atoms. The molecule has 0 bridgehead atoms. The molecule has 1 atom stereocenters. The van der Waals surface area contributed by atoms with E-state index < -0.39 is 22.7 Å². The van der Waals surface area contributed by atoms with Crippen molar-refractivity contribution in [3.05, 3.63) is 5.01 Å². The first-order valence-electron chi connectivity index (χ1n) is 8.95. The zero-order valence-electron chi connectivity index (χ0n) is 14.5. The number of carbonyl (C=O) groups is 2. The van der Waals surface area contributed by atoms with E-state index in [2.05, 4.69) is 10.2 Å². The molecule has 1 aromatic rings. The third kappa shape index (κ3) is 3.37. The number of anilines is 1. The number of aromatic nitrogens is 2. The Kier molecular flexibility index (Phi) is 4.52. The van der Waals surface area contributed by atoms with Crippen molar-refractivity contribution in [3.63, 3.8) is 0 Å². The summed E-state index contributed by atoms with van der Waals surface area (Å²) in [4.78, 5) is 28.2. The fourth-order valence-corrected chi connectivity index (χ4v) is 4.99. The average Bonchev–Trinajstić information content (AvgIpc) is 3.35. The Balaban J connectivity index is 1.40. The molecule has 0 N–H and O–H groups in total. The molecule has 2 aliphatic heterocycles. The first-order valence-corrected chi connectivity index (χ1v) is 9.76. The quantitative estimate of drug-likeness (QED) is 0.703. The van der Waals surface area contributed by atoms with E-state index in [9.17, 15) is 22.8 Å². The highest BCUT2D eigenvalue weighted by molar-refractivity contribution is 7.15. The minimum absolute atomic E-state index is 0.0874. The summed E-state index contributed by atoms with van der Waals surface area (Å²) in [6.07, 6.45) is -1.05. The maximum absolute atomic E-state index is 13.0. The Morgan fingerprint density at radius 2 is 1.81 bits per heavy atom. The van der Waals surface area contributed by atoms with E-state index in [1.165, 1.54) is 0 Å². The zero-order chi connectivity index (χ0) is 19.2. The van der Waals surface area contributed by atoms with Gasteiger partial charge in [-0.1, -0.05) is 11.3 Å². The summed E-state index contributed by atoms with van der Waals surface area (Å²) in [5.74, 6) is -0.851. The smallest absolute Gasteiger partial charge is 0.445 e. The Morgan fingerprint density at radius 3 is 2.41 bits per heavy atom. The molecule has 7 nitrogen and oxygen atoms in total. The molecule has 148 valence electrons. The van der Waals surface area contributed by atoms with Crippen LogP contribution in [-0.2, 0) is 20.5 Å². The second kappa shape index (κ2) is 6.61. The molecule has 0 aromatic carbocycles. The van der Waals surface area contributed by atoms with Crippen molar-refractivity contribution >= 4 is 28.3 Å². The van der Waals surface area contributed by atoms with Crippen LogP contribution in [0.1, 0.15) is 37.1 Å². The molecule has 1 unspecified atom stereocenters. The molecule has 1 aromatic heterocycles. The molecular weight excluding hydrogens is 385 g/mol. The summed E-state index contributed by atoms with van der Waals surface area (Å²) >= 11 is 0.507. The van der Waals surface area contributed by atoms with Crippen LogP contribution in [0.3, 0.4) is 0 Å². The third-order valence-electron chi connectivity index (χ3n) is 5.59. The van der Waals surface area contributed by atoms with E-state index in [4.69, 9.17) is 4.74 Å². The lowest BCUT2D eigenvalue weighted by atomic mass is 9.84. The van der Waals surface area contributed by atoms with Gasteiger partial charge in [-0.15, -0.1) is 10.2 Å². The molecule has 3 aliphatic rings. The number of esters is 1. The van der Waals surface area contributed by atoms with Crippen LogP contribution in [0.25, 0.3) is 0 Å². The molecule has 3 fully saturated rings. The van der Waals surface area contributed by atoms with Crippen LogP contribution in [0, 0.1) is 5.92 Å². The van der Waals surface area contributed by atoms with Crippen LogP contribution in [0.2, 0.25) is 0 Å². The Hall–Kier alpha value is -1.91. The number of halogens is 3. The van der Waals surface area contributed by atoms with E-state index in [-0.39, 0.29) is 23.4 Å². The van der Waals surface area contributed by atoms with Gasteiger partial charge in [-0.05, 0) is 25.7 Å². The van der Waals surface area contributed by atoms with Crippen LogP contribution in [0.4, 0.5) is 18.3 Å². The first-order chi connectivity index (χ1) is 12.8. The van der Waals surface area contributed by atoms with Gasteiger partial charge in [-0.25, -0.2) is 0 Å². The van der Waals surface area contributed by atoms with Crippen molar-refractivity contribution in [2.75, 3.05) is 31.1 Å².